The average molecular weight is 243 g/mol. The summed E-state index contributed by atoms with van der Waals surface area (Å²) in [5, 5.41) is 11.6. The topological polar surface area (TPSA) is 56.1 Å². The molecule has 1 amide bonds. The van der Waals surface area contributed by atoms with E-state index in [0.29, 0.717) is 12.1 Å². The highest BCUT2D eigenvalue weighted by atomic mass is 16.2. The molecule has 4 nitrogen and oxygen atoms in total. The average Bonchev–Trinajstić information content (AvgIpc) is 2.83. The number of likely N-dealkylation sites (tertiary alicyclic amines) is 1. The number of carbonyl (C=O) groups excluding carboxylic acids is 1. The molecule has 1 aliphatic rings. The van der Waals surface area contributed by atoms with Gasteiger partial charge in [-0.15, -0.1) is 0 Å². The highest BCUT2D eigenvalue weighted by Crippen LogP contribution is 2.14. The van der Waals surface area contributed by atoms with Gasteiger partial charge in [-0.3, -0.25) is 9.69 Å². The van der Waals surface area contributed by atoms with Gasteiger partial charge in [-0.25, -0.2) is 0 Å². The molecule has 2 rings (SSSR count). The van der Waals surface area contributed by atoms with E-state index in [1.165, 1.54) is 0 Å². The molecule has 1 aromatic rings. The zero-order valence-corrected chi connectivity index (χ0v) is 10.5. The second-order valence-electron chi connectivity index (χ2n) is 4.67. The van der Waals surface area contributed by atoms with Crippen LogP contribution in [0.25, 0.3) is 0 Å². The van der Waals surface area contributed by atoms with Gasteiger partial charge in [0.1, 0.15) is 0 Å². The molecule has 0 aliphatic carbocycles. The summed E-state index contributed by atoms with van der Waals surface area (Å²) >= 11 is 0. The van der Waals surface area contributed by atoms with Crippen LogP contribution in [0.1, 0.15) is 24.0 Å². The molecular weight excluding hydrogens is 226 g/mol. The quantitative estimate of drug-likeness (QED) is 0.869. The number of nitriles is 1. The van der Waals surface area contributed by atoms with Crippen molar-refractivity contribution in [3.63, 3.8) is 0 Å². The lowest BCUT2D eigenvalue weighted by Gasteiger charge is -2.18. The van der Waals surface area contributed by atoms with Crippen LogP contribution < -0.4 is 5.32 Å². The summed E-state index contributed by atoms with van der Waals surface area (Å²) in [5.41, 5.74) is 1.66. The Morgan fingerprint density at radius 2 is 2.22 bits per heavy atom. The zero-order chi connectivity index (χ0) is 13.0. The van der Waals surface area contributed by atoms with E-state index < -0.39 is 0 Å². The van der Waals surface area contributed by atoms with Crippen molar-refractivity contribution in [2.24, 2.45) is 0 Å². The van der Waals surface area contributed by atoms with E-state index in [-0.39, 0.29) is 11.9 Å². The van der Waals surface area contributed by atoms with Crippen molar-refractivity contribution in [3.05, 3.63) is 35.4 Å². The van der Waals surface area contributed by atoms with Gasteiger partial charge in [0.15, 0.2) is 0 Å². The molecule has 1 heterocycles. The van der Waals surface area contributed by atoms with Crippen LogP contribution in [-0.4, -0.2) is 30.4 Å². The van der Waals surface area contributed by atoms with Crippen molar-refractivity contribution in [2.45, 2.75) is 25.4 Å². The summed E-state index contributed by atoms with van der Waals surface area (Å²) < 4.78 is 0. The Morgan fingerprint density at radius 3 is 2.78 bits per heavy atom. The summed E-state index contributed by atoms with van der Waals surface area (Å²) in [7, 11) is 1.99. The van der Waals surface area contributed by atoms with E-state index in [1.54, 1.807) is 12.1 Å². The minimum atomic E-state index is 0.0170. The first-order chi connectivity index (χ1) is 8.70. The van der Waals surface area contributed by atoms with Crippen molar-refractivity contribution in [3.8, 4) is 6.07 Å². The van der Waals surface area contributed by atoms with Crippen LogP contribution in [0.4, 0.5) is 0 Å². The minimum absolute atomic E-state index is 0.0170. The number of nitrogens with zero attached hydrogens (tertiary/aromatic N) is 2. The predicted octanol–water partition coefficient (Wildman–Crippen LogP) is 1.27. The van der Waals surface area contributed by atoms with E-state index in [9.17, 15) is 4.79 Å². The molecular formula is C14H17N3O. The Labute approximate surface area is 107 Å². The van der Waals surface area contributed by atoms with Gasteiger partial charge in [0.2, 0.25) is 5.91 Å². The van der Waals surface area contributed by atoms with Crippen LogP contribution in [0.15, 0.2) is 24.3 Å². The Morgan fingerprint density at radius 1 is 1.50 bits per heavy atom. The van der Waals surface area contributed by atoms with E-state index in [4.69, 9.17) is 5.26 Å². The molecule has 1 aromatic carbocycles. The third-order valence-corrected chi connectivity index (χ3v) is 3.37. The maximum Gasteiger partial charge on any atom is 0.237 e. The molecule has 0 bridgehead atoms. The molecule has 1 unspecified atom stereocenters. The first kappa shape index (κ1) is 12.6. The second-order valence-corrected chi connectivity index (χ2v) is 4.67. The fraction of sp³-hybridized carbons (Fsp3) is 0.429. The largest absolute Gasteiger partial charge is 0.351 e. The minimum Gasteiger partial charge on any atom is -0.351 e. The van der Waals surface area contributed by atoms with E-state index >= 15 is 0 Å². The molecule has 1 aliphatic heterocycles. The third kappa shape index (κ3) is 2.88. The van der Waals surface area contributed by atoms with Crippen LogP contribution >= 0.6 is 0 Å². The summed E-state index contributed by atoms with van der Waals surface area (Å²) in [4.78, 5) is 14.0. The fourth-order valence-electron chi connectivity index (χ4n) is 2.25. The second kappa shape index (κ2) is 5.65. The SMILES string of the molecule is CN1CCCC1C(=O)NCc1ccc(C#N)cc1. The highest BCUT2D eigenvalue weighted by Gasteiger charge is 2.27. The van der Waals surface area contributed by atoms with Crippen molar-refractivity contribution in [1.29, 1.82) is 5.26 Å². The number of nitrogens with one attached hydrogen (secondary N) is 1. The Balaban J connectivity index is 1.87. The Kier molecular flexibility index (Phi) is 3.96. The molecule has 0 radical (unpaired) electrons. The van der Waals surface area contributed by atoms with Gasteiger partial charge in [-0.1, -0.05) is 12.1 Å². The standard InChI is InChI=1S/C14H17N3O/c1-17-8-2-3-13(17)14(18)16-10-12-6-4-11(9-15)5-7-12/h4-7,13H,2-3,8,10H2,1H3,(H,16,18). The van der Waals surface area contributed by atoms with Crippen molar-refractivity contribution < 1.29 is 4.79 Å². The smallest absolute Gasteiger partial charge is 0.237 e. The molecule has 18 heavy (non-hydrogen) atoms. The number of likely N-dealkylation sites (N-methyl/N-ethyl adjacent to an activating group) is 1. The van der Waals surface area contributed by atoms with Gasteiger partial charge in [0.25, 0.3) is 0 Å². The summed E-state index contributed by atoms with van der Waals surface area (Å²) in [5.74, 6) is 0.0966. The maximum absolute atomic E-state index is 11.9. The Bertz CT molecular complexity index is 461. The van der Waals surface area contributed by atoms with Crippen LogP contribution in [0.3, 0.4) is 0 Å². The molecule has 94 valence electrons. The number of rotatable bonds is 3. The molecule has 0 aromatic heterocycles. The predicted molar refractivity (Wildman–Crippen MR) is 68.7 cm³/mol. The van der Waals surface area contributed by atoms with Gasteiger partial charge < -0.3 is 5.32 Å². The normalized spacial score (nSPS) is 19.4. The van der Waals surface area contributed by atoms with Crippen molar-refractivity contribution in [2.75, 3.05) is 13.6 Å². The molecule has 1 fully saturated rings. The molecule has 0 spiro atoms. The van der Waals surface area contributed by atoms with Gasteiger partial charge >= 0.3 is 0 Å². The number of carbonyl (C=O) groups is 1. The first-order valence-corrected chi connectivity index (χ1v) is 6.17. The van der Waals surface area contributed by atoms with Crippen LogP contribution in [0, 0.1) is 11.3 Å². The van der Waals surface area contributed by atoms with Gasteiger partial charge in [-0.05, 0) is 44.1 Å². The number of hydrogen-bond acceptors (Lipinski definition) is 3. The molecule has 1 saturated heterocycles. The molecule has 0 saturated carbocycles. The van der Waals surface area contributed by atoms with E-state index in [1.807, 2.05) is 19.2 Å². The third-order valence-electron chi connectivity index (χ3n) is 3.37. The molecule has 4 heteroatoms. The lowest BCUT2D eigenvalue weighted by molar-refractivity contribution is -0.125. The van der Waals surface area contributed by atoms with E-state index in [2.05, 4.69) is 16.3 Å². The number of benzene rings is 1. The van der Waals surface area contributed by atoms with Gasteiger partial charge in [0.05, 0.1) is 17.7 Å². The van der Waals surface area contributed by atoms with Crippen molar-refractivity contribution in [1.82, 2.24) is 10.2 Å². The van der Waals surface area contributed by atoms with Crippen LogP contribution in [0.2, 0.25) is 0 Å². The number of hydrogen-bond donors (Lipinski definition) is 1. The maximum atomic E-state index is 11.9. The summed E-state index contributed by atoms with van der Waals surface area (Å²) in [6.07, 6.45) is 2.03. The fourth-order valence-corrected chi connectivity index (χ4v) is 2.25. The number of amides is 1. The monoisotopic (exact) mass is 243 g/mol. The first-order valence-electron chi connectivity index (χ1n) is 6.17. The van der Waals surface area contributed by atoms with E-state index in [0.717, 1.165) is 24.9 Å². The highest BCUT2D eigenvalue weighted by molar-refractivity contribution is 5.81. The lowest BCUT2D eigenvalue weighted by atomic mass is 10.1. The summed E-state index contributed by atoms with van der Waals surface area (Å²) in [6, 6.07) is 9.37. The van der Waals surface area contributed by atoms with Gasteiger partial charge in [0, 0.05) is 6.54 Å². The zero-order valence-electron chi connectivity index (χ0n) is 10.5. The summed E-state index contributed by atoms with van der Waals surface area (Å²) in [6.45, 7) is 1.52. The lowest BCUT2D eigenvalue weighted by Crippen LogP contribution is -2.41. The molecule has 1 atom stereocenters. The van der Waals surface area contributed by atoms with Crippen LogP contribution in [0.5, 0.6) is 0 Å². The van der Waals surface area contributed by atoms with Crippen molar-refractivity contribution >= 4 is 5.91 Å². The molecule has 1 N–H and O–H groups in total. The Hall–Kier alpha value is -1.86. The van der Waals surface area contributed by atoms with Gasteiger partial charge in [-0.2, -0.15) is 5.26 Å². The van der Waals surface area contributed by atoms with Crippen LogP contribution in [-0.2, 0) is 11.3 Å².